The first kappa shape index (κ1) is 32.3. The van der Waals surface area contributed by atoms with E-state index in [1.165, 1.54) is 0 Å². The van der Waals surface area contributed by atoms with Crippen LogP contribution in [0.3, 0.4) is 0 Å². The van der Waals surface area contributed by atoms with E-state index in [2.05, 4.69) is 47.8 Å². The molecule has 3 fully saturated rings. The quantitative estimate of drug-likeness (QED) is 0.365. The molecule has 0 aromatic heterocycles. The Morgan fingerprint density at radius 1 is 1.15 bits per heavy atom. The van der Waals surface area contributed by atoms with Crippen molar-refractivity contribution in [2.24, 2.45) is 23.2 Å². The third kappa shape index (κ3) is 5.26. The standard InChI is InChI=1S/C32H53N3O5/c1-12-17-33(11)26(37)23-24-27(38)35(22(19-36)21(4)14-3)25(32(24)16-15-31(23,10)40-32)28(39)34(18-13-2)30(8,9)20-29(5,6)7/h12-13,21-25,36H,1-2,14-20H2,3-11H3/t21-,22-,23-,24-,25?,31+,32?/m0/s1. The largest absolute Gasteiger partial charge is 0.394 e. The summed E-state index contributed by atoms with van der Waals surface area (Å²) in [5.74, 6) is -2.21. The maximum absolute atomic E-state index is 14.9. The van der Waals surface area contributed by atoms with E-state index < -0.39 is 40.7 Å². The van der Waals surface area contributed by atoms with Gasteiger partial charge >= 0.3 is 0 Å². The Hall–Kier alpha value is -2.19. The molecule has 7 atom stereocenters. The second-order valence-corrected chi connectivity index (χ2v) is 14.4. The highest BCUT2D eigenvalue weighted by Gasteiger charge is 2.79. The smallest absolute Gasteiger partial charge is 0.249 e. The average Bonchev–Trinajstić information content (AvgIpc) is 3.41. The van der Waals surface area contributed by atoms with Crippen LogP contribution in [-0.4, -0.2) is 93.1 Å². The zero-order valence-corrected chi connectivity index (χ0v) is 26.3. The number of rotatable bonds is 12. The van der Waals surface area contributed by atoms with Crippen molar-refractivity contribution in [2.45, 2.75) is 110 Å². The van der Waals surface area contributed by atoms with Crippen LogP contribution in [0.15, 0.2) is 25.3 Å². The summed E-state index contributed by atoms with van der Waals surface area (Å²) in [6.45, 7) is 24.6. The molecule has 3 rings (SSSR count). The summed E-state index contributed by atoms with van der Waals surface area (Å²) >= 11 is 0. The number of amides is 3. The van der Waals surface area contributed by atoms with E-state index in [1.807, 2.05) is 25.7 Å². The third-order valence-electron chi connectivity index (χ3n) is 9.61. The van der Waals surface area contributed by atoms with Crippen LogP contribution in [0.1, 0.15) is 81.1 Å². The van der Waals surface area contributed by atoms with Gasteiger partial charge in [-0.3, -0.25) is 14.4 Å². The average molecular weight is 560 g/mol. The SMILES string of the molecule is C=CCN(C)C(=O)[C@@H]1[C@H]2C(=O)N([C@@H](CO)[C@@H](C)CC)C(C(=O)N(CC=C)C(C)(C)CC(C)(C)C)C23CC[C@@]1(C)O3. The van der Waals surface area contributed by atoms with Crippen molar-refractivity contribution in [2.75, 3.05) is 26.7 Å². The molecule has 1 spiro atoms. The predicted molar refractivity (Wildman–Crippen MR) is 157 cm³/mol. The normalized spacial score (nSPS) is 31.1. The van der Waals surface area contributed by atoms with Gasteiger partial charge in [-0.25, -0.2) is 0 Å². The molecular formula is C32H53N3O5. The highest BCUT2D eigenvalue weighted by Crippen LogP contribution is 2.64. The van der Waals surface area contributed by atoms with Crippen LogP contribution >= 0.6 is 0 Å². The Morgan fingerprint density at radius 3 is 2.25 bits per heavy atom. The Kier molecular flexibility index (Phi) is 9.08. The maximum Gasteiger partial charge on any atom is 0.249 e. The van der Waals surface area contributed by atoms with Gasteiger partial charge in [-0.15, -0.1) is 13.2 Å². The summed E-state index contributed by atoms with van der Waals surface area (Å²) in [6.07, 6.45) is 5.92. The predicted octanol–water partition coefficient (Wildman–Crippen LogP) is 4.03. The highest BCUT2D eigenvalue weighted by molar-refractivity contribution is 5.99. The first-order valence-electron chi connectivity index (χ1n) is 14.9. The molecular weight excluding hydrogens is 506 g/mol. The molecule has 3 aliphatic heterocycles. The lowest BCUT2D eigenvalue weighted by Gasteiger charge is -2.47. The number of likely N-dealkylation sites (N-methyl/N-ethyl adjacent to an activating group) is 1. The fourth-order valence-electron chi connectivity index (χ4n) is 8.02. The highest BCUT2D eigenvalue weighted by atomic mass is 16.5. The fourth-order valence-corrected chi connectivity index (χ4v) is 8.02. The molecule has 0 aromatic rings. The fraction of sp³-hybridized carbons (Fsp3) is 0.781. The monoisotopic (exact) mass is 559 g/mol. The molecule has 0 saturated carbocycles. The summed E-state index contributed by atoms with van der Waals surface area (Å²) in [7, 11) is 1.71. The van der Waals surface area contributed by atoms with E-state index in [0.717, 1.165) is 12.8 Å². The zero-order chi connectivity index (χ0) is 30.4. The number of hydrogen-bond acceptors (Lipinski definition) is 5. The second kappa shape index (κ2) is 11.2. The van der Waals surface area contributed by atoms with Crippen LogP contribution in [0.25, 0.3) is 0 Å². The van der Waals surface area contributed by atoms with E-state index in [-0.39, 0.29) is 35.7 Å². The molecule has 3 aliphatic rings. The molecule has 3 amide bonds. The minimum atomic E-state index is -1.14. The Balaban J connectivity index is 2.21. The van der Waals surface area contributed by atoms with Crippen molar-refractivity contribution >= 4 is 17.7 Å². The lowest BCUT2D eigenvalue weighted by atomic mass is 9.66. The van der Waals surface area contributed by atoms with Crippen LogP contribution in [0, 0.1) is 23.2 Å². The molecule has 3 heterocycles. The second-order valence-electron chi connectivity index (χ2n) is 14.4. The maximum atomic E-state index is 14.9. The summed E-state index contributed by atoms with van der Waals surface area (Å²) in [5, 5.41) is 10.6. The number of ether oxygens (including phenoxy) is 1. The summed E-state index contributed by atoms with van der Waals surface area (Å²) in [6, 6.07) is -1.51. The van der Waals surface area contributed by atoms with E-state index in [4.69, 9.17) is 4.74 Å². The molecule has 0 aliphatic carbocycles. The number of carbonyl (C=O) groups is 3. The molecule has 40 heavy (non-hydrogen) atoms. The molecule has 1 N–H and O–H groups in total. The van der Waals surface area contributed by atoms with Crippen molar-refractivity contribution < 1.29 is 24.2 Å². The zero-order valence-electron chi connectivity index (χ0n) is 26.3. The number of likely N-dealkylation sites (tertiary alicyclic amines) is 1. The number of fused-ring (bicyclic) bond motifs is 1. The van der Waals surface area contributed by atoms with Crippen LogP contribution in [0.4, 0.5) is 0 Å². The van der Waals surface area contributed by atoms with Gasteiger partial charge in [0.05, 0.1) is 30.1 Å². The van der Waals surface area contributed by atoms with Crippen molar-refractivity contribution in [1.29, 1.82) is 0 Å². The molecule has 2 bridgehead atoms. The molecule has 2 unspecified atom stereocenters. The molecule has 8 heteroatoms. The summed E-state index contributed by atoms with van der Waals surface area (Å²) < 4.78 is 6.83. The van der Waals surface area contributed by atoms with Crippen LogP contribution in [-0.2, 0) is 19.1 Å². The van der Waals surface area contributed by atoms with Crippen LogP contribution in [0.2, 0.25) is 0 Å². The van der Waals surface area contributed by atoms with Gasteiger partial charge in [-0.05, 0) is 51.4 Å². The molecule has 8 nitrogen and oxygen atoms in total. The van der Waals surface area contributed by atoms with Gasteiger partial charge in [0, 0.05) is 25.7 Å². The molecule has 226 valence electrons. The minimum Gasteiger partial charge on any atom is -0.394 e. The van der Waals surface area contributed by atoms with Gasteiger partial charge in [0.1, 0.15) is 11.6 Å². The van der Waals surface area contributed by atoms with Crippen molar-refractivity contribution in [3.05, 3.63) is 25.3 Å². The number of carbonyl (C=O) groups excluding carboxylic acids is 3. The first-order chi connectivity index (χ1) is 18.5. The van der Waals surface area contributed by atoms with Crippen LogP contribution in [0.5, 0.6) is 0 Å². The lowest BCUT2D eigenvalue weighted by Crippen LogP contribution is -2.63. The number of aliphatic hydroxyl groups excluding tert-OH is 1. The van der Waals surface area contributed by atoms with E-state index >= 15 is 0 Å². The number of hydrogen-bond donors (Lipinski definition) is 1. The Labute approximate surface area is 241 Å². The lowest BCUT2D eigenvalue weighted by molar-refractivity contribution is -0.160. The minimum absolute atomic E-state index is 0.0530. The van der Waals surface area contributed by atoms with Gasteiger partial charge in [0.2, 0.25) is 17.7 Å². The third-order valence-corrected chi connectivity index (χ3v) is 9.61. The van der Waals surface area contributed by atoms with E-state index in [0.29, 0.717) is 25.9 Å². The molecule has 0 aromatic carbocycles. The Morgan fingerprint density at radius 2 is 1.75 bits per heavy atom. The van der Waals surface area contributed by atoms with Gasteiger partial charge in [-0.2, -0.15) is 0 Å². The summed E-state index contributed by atoms with van der Waals surface area (Å²) in [5.41, 5.74) is -2.59. The van der Waals surface area contributed by atoms with Crippen molar-refractivity contribution in [1.82, 2.24) is 14.7 Å². The van der Waals surface area contributed by atoms with Crippen molar-refractivity contribution in [3.63, 3.8) is 0 Å². The van der Waals surface area contributed by atoms with Gasteiger partial charge in [0.15, 0.2) is 0 Å². The number of aliphatic hydroxyl groups is 1. The molecule has 0 radical (unpaired) electrons. The van der Waals surface area contributed by atoms with E-state index in [1.54, 1.807) is 29.0 Å². The summed E-state index contributed by atoms with van der Waals surface area (Å²) in [4.78, 5) is 48.3. The van der Waals surface area contributed by atoms with E-state index in [9.17, 15) is 19.5 Å². The van der Waals surface area contributed by atoms with Gasteiger partial charge in [-0.1, -0.05) is 53.2 Å². The topological polar surface area (TPSA) is 90.4 Å². The first-order valence-corrected chi connectivity index (χ1v) is 14.9. The van der Waals surface area contributed by atoms with Crippen molar-refractivity contribution in [3.8, 4) is 0 Å². The Bertz CT molecular complexity index is 1020. The van der Waals surface area contributed by atoms with Gasteiger partial charge in [0.25, 0.3) is 0 Å². The van der Waals surface area contributed by atoms with Gasteiger partial charge < -0.3 is 24.5 Å². The number of nitrogens with zero attached hydrogens (tertiary/aromatic N) is 3. The van der Waals surface area contributed by atoms with Crippen LogP contribution < -0.4 is 0 Å². The molecule has 3 saturated heterocycles.